The third-order valence-corrected chi connectivity index (χ3v) is 14.0. The summed E-state index contributed by atoms with van der Waals surface area (Å²) in [6.45, 7) is 0. The standard InChI is InChI=1S/C54H34N2S2/c1-2-11-39(12-3-1)56-48-17-7-4-13-42(48)43-31-25-38(34-50(43)56)36-23-29-41(30-24-36)55(49-18-10-16-46-44-14-5-9-20-52(44)58-54(46)49)40-27-21-35(22-28-40)37-26-32-53-47(33-37)45-15-6-8-19-51(45)57-53/h1-34H. The highest BCUT2D eigenvalue weighted by Crippen LogP contribution is 2.46. The number of rotatable bonds is 6. The van der Waals surface area contributed by atoms with Crippen molar-refractivity contribution in [2.24, 2.45) is 0 Å². The van der Waals surface area contributed by atoms with Gasteiger partial charge in [0.15, 0.2) is 0 Å². The molecule has 272 valence electrons. The molecule has 3 heterocycles. The van der Waals surface area contributed by atoms with Crippen LogP contribution in [0.4, 0.5) is 17.1 Å². The third kappa shape index (κ3) is 5.30. The molecule has 0 fully saturated rings. The second kappa shape index (κ2) is 13.3. The lowest BCUT2D eigenvalue weighted by molar-refractivity contribution is 1.18. The molecule has 0 atom stereocenters. The molecular formula is C54H34N2S2. The van der Waals surface area contributed by atoms with Gasteiger partial charge in [0.2, 0.25) is 0 Å². The van der Waals surface area contributed by atoms with E-state index in [1.54, 1.807) is 0 Å². The summed E-state index contributed by atoms with van der Waals surface area (Å²) < 4.78 is 7.63. The number of thiophene rings is 2. The maximum Gasteiger partial charge on any atom is 0.0640 e. The van der Waals surface area contributed by atoms with Crippen molar-refractivity contribution in [1.82, 2.24) is 4.57 Å². The van der Waals surface area contributed by atoms with Gasteiger partial charge in [-0.25, -0.2) is 0 Å². The van der Waals surface area contributed by atoms with Crippen molar-refractivity contribution >= 4 is 102 Å². The Labute approximate surface area is 343 Å². The normalized spacial score (nSPS) is 11.8. The van der Waals surface area contributed by atoms with E-state index in [-0.39, 0.29) is 0 Å². The molecular weight excluding hydrogens is 741 g/mol. The first-order valence-electron chi connectivity index (χ1n) is 19.7. The molecule has 0 bridgehead atoms. The number of anilines is 3. The van der Waals surface area contributed by atoms with Gasteiger partial charge < -0.3 is 9.47 Å². The molecule has 0 N–H and O–H groups in total. The number of hydrogen-bond acceptors (Lipinski definition) is 3. The van der Waals surface area contributed by atoms with E-state index in [2.05, 4.69) is 216 Å². The van der Waals surface area contributed by atoms with Crippen LogP contribution in [0, 0.1) is 0 Å². The fourth-order valence-electron chi connectivity index (χ4n) is 8.85. The Hall–Kier alpha value is -6.98. The van der Waals surface area contributed by atoms with Gasteiger partial charge in [0, 0.05) is 63.5 Å². The molecule has 0 spiro atoms. The molecule has 12 aromatic rings. The average molecular weight is 775 g/mol. The summed E-state index contributed by atoms with van der Waals surface area (Å²) in [7, 11) is 0. The van der Waals surface area contributed by atoms with Gasteiger partial charge in [-0.05, 0) is 101 Å². The summed E-state index contributed by atoms with van der Waals surface area (Å²) in [5, 5.41) is 7.76. The zero-order valence-corrected chi connectivity index (χ0v) is 33.0. The van der Waals surface area contributed by atoms with Crippen LogP contribution in [0.15, 0.2) is 206 Å². The van der Waals surface area contributed by atoms with E-state index in [0.717, 1.165) is 11.4 Å². The summed E-state index contributed by atoms with van der Waals surface area (Å²) in [5.74, 6) is 0. The summed E-state index contributed by atoms with van der Waals surface area (Å²) in [4.78, 5) is 2.43. The first-order chi connectivity index (χ1) is 28.7. The summed E-state index contributed by atoms with van der Waals surface area (Å²) in [6.07, 6.45) is 0. The van der Waals surface area contributed by atoms with E-state index < -0.39 is 0 Å². The minimum Gasteiger partial charge on any atom is -0.309 e. The predicted octanol–water partition coefficient (Wildman–Crippen LogP) is 16.3. The fourth-order valence-corrected chi connectivity index (χ4v) is 11.1. The van der Waals surface area contributed by atoms with E-state index in [0.29, 0.717) is 0 Å². The van der Waals surface area contributed by atoms with Crippen LogP contribution in [0.1, 0.15) is 0 Å². The number of benzene rings is 9. The lowest BCUT2D eigenvalue weighted by Crippen LogP contribution is -2.10. The Balaban J connectivity index is 0.974. The zero-order chi connectivity index (χ0) is 38.2. The lowest BCUT2D eigenvalue weighted by Gasteiger charge is -2.26. The number of para-hydroxylation sites is 2. The van der Waals surface area contributed by atoms with Gasteiger partial charge in [0.1, 0.15) is 0 Å². The molecule has 0 radical (unpaired) electrons. The summed E-state index contributed by atoms with van der Waals surface area (Å²) >= 11 is 3.73. The molecule has 0 saturated heterocycles. The third-order valence-electron chi connectivity index (χ3n) is 11.6. The molecule has 0 unspecified atom stereocenters. The first-order valence-corrected chi connectivity index (χ1v) is 21.3. The highest BCUT2D eigenvalue weighted by molar-refractivity contribution is 7.26. The van der Waals surface area contributed by atoms with Gasteiger partial charge in [-0.15, -0.1) is 22.7 Å². The molecule has 9 aromatic carbocycles. The van der Waals surface area contributed by atoms with Gasteiger partial charge in [0.05, 0.1) is 21.4 Å². The molecule has 0 saturated carbocycles. The average Bonchev–Trinajstić information content (AvgIpc) is 3.97. The molecule has 0 aliphatic rings. The van der Waals surface area contributed by atoms with E-state index in [1.807, 2.05) is 22.7 Å². The van der Waals surface area contributed by atoms with Crippen LogP contribution in [0.2, 0.25) is 0 Å². The Morgan fingerprint density at radius 1 is 0.328 bits per heavy atom. The number of hydrogen-bond donors (Lipinski definition) is 0. The SMILES string of the molecule is c1ccc(-n2c3ccccc3c3ccc(-c4ccc(N(c5ccc(-c6ccc7sc8ccccc8c7c6)cc5)c5cccc6c5sc5ccccc56)cc4)cc32)cc1. The van der Waals surface area contributed by atoms with Crippen LogP contribution in [0.25, 0.3) is 90.1 Å². The van der Waals surface area contributed by atoms with Crippen molar-refractivity contribution < 1.29 is 0 Å². The van der Waals surface area contributed by atoms with Crippen LogP contribution in [-0.4, -0.2) is 4.57 Å². The first kappa shape index (κ1) is 33.2. The summed E-state index contributed by atoms with van der Waals surface area (Å²) in [6, 6.07) is 75.6. The summed E-state index contributed by atoms with van der Waals surface area (Å²) in [5.41, 5.74) is 11.8. The van der Waals surface area contributed by atoms with Gasteiger partial charge in [0.25, 0.3) is 0 Å². The minimum absolute atomic E-state index is 1.12. The monoisotopic (exact) mass is 774 g/mol. The van der Waals surface area contributed by atoms with E-state index in [4.69, 9.17) is 0 Å². The van der Waals surface area contributed by atoms with Crippen LogP contribution >= 0.6 is 22.7 Å². The van der Waals surface area contributed by atoms with E-state index >= 15 is 0 Å². The Kier molecular flexibility index (Phi) is 7.62. The van der Waals surface area contributed by atoms with Crippen molar-refractivity contribution in [3.8, 4) is 27.9 Å². The lowest BCUT2D eigenvalue weighted by atomic mass is 10.0. The highest BCUT2D eigenvalue weighted by atomic mass is 32.1. The van der Waals surface area contributed by atoms with Crippen LogP contribution < -0.4 is 4.90 Å². The highest BCUT2D eigenvalue weighted by Gasteiger charge is 2.19. The van der Waals surface area contributed by atoms with Crippen molar-refractivity contribution in [3.63, 3.8) is 0 Å². The van der Waals surface area contributed by atoms with E-state index in [1.165, 1.54) is 95.8 Å². The van der Waals surface area contributed by atoms with Crippen molar-refractivity contribution in [2.45, 2.75) is 0 Å². The maximum atomic E-state index is 2.43. The van der Waals surface area contributed by atoms with Crippen LogP contribution in [-0.2, 0) is 0 Å². The smallest absolute Gasteiger partial charge is 0.0640 e. The van der Waals surface area contributed by atoms with Gasteiger partial charge in [-0.2, -0.15) is 0 Å². The van der Waals surface area contributed by atoms with Gasteiger partial charge in [-0.1, -0.05) is 127 Å². The number of aromatic nitrogens is 1. The van der Waals surface area contributed by atoms with Crippen molar-refractivity contribution in [2.75, 3.05) is 4.90 Å². The van der Waals surface area contributed by atoms with Crippen LogP contribution in [0.5, 0.6) is 0 Å². The van der Waals surface area contributed by atoms with Crippen LogP contribution in [0.3, 0.4) is 0 Å². The second-order valence-electron chi connectivity index (χ2n) is 14.9. The largest absolute Gasteiger partial charge is 0.309 e. The number of nitrogens with zero attached hydrogens (tertiary/aromatic N) is 2. The topological polar surface area (TPSA) is 8.17 Å². The molecule has 0 amide bonds. The molecule has 58 heavy (non-hydrogen) atoms. The minimum atomic E-state index is 1.12. The second-order valence-corrected chi connectivity index (χ2v) is 17.0. The van der Waals surface area contributed by atoms with Crippen molar-refractivity contribution in [3.05, 3.63) is 206 Å². The Morgan fingerprint density at radius 2 is 0.862 bits per heavy atom. The zero-order valence-electron chi connectivity index (χ0n) is 31.3. The van der Waals surface area contributed by atoms with Gasteiger partial charge in [-0.3, -0.25) is 0 Å². The Morgan fingerprint density at radius 3 is 1.60 bits per heavy atom. The quantitative estimate of drug-likeness (QED) is 0.163. The fraction of sp³-hybridized carbons (Fsp3) is 0. The molecule has 4 heteroatoms. The number of fused-ring (bicyclic) bond motifs is 9. The molecule has 3 aromatic heterocycles. The van der Waals surface area contributed by atoms with E-state index in [9.17, 15) is 0 Å². The van der Waals surface area contributed by atoms with Crippen molar-refractivity contribution in [1.29, 1.82) is 0 Å². The molecule has 12 rings (SSSR count). The molecule has 0 aliphatic carbocycles. The predicted molar refractivity (Wildman–Crippen MR) is 252 cm³/mol. The Bertz CT molecular complexity index is 3500. The molecule has 2 nitrogen and oxygen atoms in total. The molecule has 0 aliphatic heterocycles. The maximum absolute atomic E-state index is 2.43. The van der Waals surface area contributed by atoms with Gasteiger partial charge >= 0.3 is 0 Å².